The summed E-state index contributed by atoms with van der Waals surface area (Å²) < 4.78 is 31.6. The van der Waals surface area contributed by atoms with Crippen LogP contribution in [-0.4, -0.2) is 54.8 Å². The van der Waals surface area contributed by atoms with Gasteiger partial charge in [0.1, 0.15) is 18.5 Å². The van der Waals surface area contributed by atoms with Crippen molar-refractivity contribution < 1.29 is 37.8 Å². The fraction of sp³-hybridized carbons (Fsp3) is 0.342. The second-order valence-electron chi connectivity index (χ2n) is 12.3. The number of aryl methyl sites for hydroxylation is 2. The van der Waals surface area contributed by atoms with Crippen molar-refractivity contribution in [1.82, 2.24) is 10.3 Å². The quantitative estimate of drug-likeness (QED) is 0.102. The number of nitrogens with two attached hydrogens (primary N) is 1. The zero-order valence-corrected chi connectivity index (χ0v) is 29.6. The Bertz CT molecular complexity index is 1760. The molecule has 0 fully saturated rings. The summed E-state index contributed by atoms with van der Waals surface area (Å²) in [6.45, 7) is 12.6. The first-order valence-electron chi connectivity index (χ1n) is 16.1. The van der Waals surface area contributed by atoms with Crippen LogP contribution in [0.4, 0.5) is 14.9 Å². The number of ether oxygens (including phenoxy) is 3. The molecule has 50 heavy (non-hydrogen) atoms. The molecule has 0 aliphatic heterocycles. The van der Waals surface area contributed by atoms with Crippen LogP contribution in [0.25, 0.3) is 22.3 Å². The van der Waals surface area contributed by atoms with Crippen LogP contribution in [0.5, 0.6) is 5.88 Å². The maximum Gasteiger partial charge on any atom is 0.417 e. The number of rotatable bonds is 15. The molecule has 0 spiro atoms. The Balaban J connectivity index is 1.74. The van der Waals surface area contributed by atoms with E-state index >= 15 is 4.39 Å². The van der Waals surface area contributed by atoms with Gasteiger partial charge in [-0.1, -0.05) is 29.4 Å². The van der Waals surface area contributed by atoms with Crippen LogP contribution in [0, 0.1) is 19.7 Å². The molecule has 0 aliphatic carbocycles. The van der Waals surface area contributed by atoms with Crippen molar-refractivity contribution in [2.75, 3.05) is 24.8 Å². The lowest BCUT2D eigenvalue weighted by Gasteiger charge is -2.22. The van der Waals surface area contributed by atoms with Gasteiger partial charge in [-0.3, -0.25) is 19.3 Å². The minimum absolute atomic E-state index is 0.0740. The molecule has 2 aromatic carbocycles. The highest BCUT2D eigenvalue weighted by molar-refractivity contribution is 5.89. The first-order valence-corrected chi connectivity index (χ1v) is 16.1. The highest BCUT2D eigenvalue weighted by Crippen LogP contribution is 2.34. The molecule has 3 amide bonds. The maximum absolute atomic E-state index is 15.8. The first kappa shape index (κ1) is 38.9. The van der Waals surface area contributed by atoms with Crippen molar-refractivity contribution in [1.29, 1.82) is 0 Å². The summed E-state index contributed by atoms with van der Waals surface area (Å²) in [4.78, 5) is 53.6. The van der Waals surface area contributed by atoms with Crippen LogP contribution in [0.1, 0.15) is 58.6 Å². The van der Waals surface area contributed by atoms with E-state index in [4.69, 9.17) is 19.9 Å². The highest BCUT2D eigenvalue weighted by atomic mass is 19.1. The van der Waals surface area contributed by atoms with Crippen molar-refractivity contribution in [3.8, 4) is 28.1 Å². The molecular weight excluding hydrogens is 643 g/mol. The number of halogens is 1. The van der Waals surface area contributed by atoms with E-state index in [0.29, 0.717) is 23.6 Å². The number of hydrogen-bond acceptors (Lipinski definition) is 8. The predicted molar refractivity (Wildman–Crippen MR) is 190 cm³/mol. The summed E-state index contributed by atoms with van der Waals surface area (Å²) in [6, 6.07) is 11.1. The normalized spacial score (nSPS) is 11.1. The average Bonchev–Trinajstić information content (AvgIpc) is 3.04. The molecular formula is C38H45FN4O7. The summed E-state index contributed by atoms with van der Waals surface area (Å²) in [7, 11) is 0. The summed E-state index contributed by atoms with van der Waals surface area (Å²) >= 11 is 0. The first-order chi connectivity index (χ1) is 23.7. The lowest BCUT2D eigenvalue weighted by molar-refractivity contribution is -0.152. The van der Waals surface area contributed by atoms with E-state index < -0.39 is 42.5 Å². The number of hydrogen-bond donors (Lipinski definition) is 2. The molecule has 1 aromatic heterocycles. The van der Waals surface area contributed by atoms with Crippen LogP contribution in [0.3, 0.4) is 0 Å². The van der Waals surface area contributed by atoms with E-state index in [1.807, 2.05) is 71.9 Å². The second kappa shape index (κ2) is 18.3. The number of anilines is 1. The molecule has 0 saturated heterocycles. The van der Waals surface area contributed by atoms with Crippen LogP contribution in [-0.2, 0) is 23.9 Å². The molecule has 3 aromatic rings. The third-order valence-corrected chi connectivity index (χ3v) is 7.56. The average molecular weight is 689 g/mol. The zero-order chi connectivity index (χ0) is 37.0. The van der Waals surface area contributed by atoms with Crippen molar-refractivity contribution in [3.63, 3.8) is 0 Å². The van der Waals surface area contributed by atoms with Gasteiger partial charge < -0.3 is 25.3 Å². The summed E-state index contributed by atoms with van der Waals surface area (Å²) in [6.07, 6.45) is 4.30. The summed E-state index contributed by atoms with van der Waals surface area (Å²) in [5, 5.41) is 2.35. The largest absolute Gasteiger partial charge is 0.473 e. The number of esters is 1. The number of amides is 3. The van der Waals surface area contributed by atoms with Crippen molar-refractivity contribution in [2.45, 2.75) is 67.3 Å². The van der Waals surface area contributed by atoms with E-state index in [1.165, 1.54) is 17.9 Å². The Kier molecular flexibility index (Phi) is 14.2. The Morgan fingerprint density at radius 3 is 2.18 bits per heavy atom. The predicted octanol–water partition coefficient (Wildman–Crippen LogP) is 6.70. The van der Waals surface area contributed by atoms with Crippen molar-refractivity contribution in [2.24, 2.45) is 5.73 Å². The van der Waals surface area contributed by atoms with E-state index in [-0.39, 0.29) is 25.1 Å². The topological polar surface area (TPSA) is 150 Å². The van der Waals surface area contributed by atoms with Gasteiger partial charge >= 0.3 is 12.1 Å². The van der Waals surface area contributed by atoms with Gasteiger partial charge in [0.05, 0.1) is 5.69 Å². The van der Waals surface area contributed by atoms with Crippen molar-refractivity contribution in [3.05, 3.63) is 88.9 Å². The van der Waals surface area contributed by atoms with Crippen LogP contribution in [0.15, 0.2) is 72.0 Å². The van der Waals surface area contributed by atoms with Crippen LogP contribution < -0.4 is 20.7 Å². The third kappa shape index (κ3) is 11.6. The number of benzene rings is 2. The van der Waals surface area contributed by atoms with Crippen LogP contribution >= 0.6 is 0 Å². The van der Waals surface area contributed by atoms with Crippen LogP contribution in [0.2, 0.25) is 0 Å². The minimum Gasteiger partial charge on any atom is -0.473 e. The Morgan fingerprint density at radius 1 is 0.900 bits per heavy atom. The molecule has 11 nitrogen and oxygen atoms in total. The number of nitrogens with one attached hydrogen (secondary N) is 1. The molecule has 0 aliphatic rings. The monoisotopic (exact) mass is 688 g/mol. The van der Waals surface area contributed by atoms with E-state index in [0.717, 1.165) is 33.4 Å². The third-order valence-electron chi connectivity index (χ3n) is 7.56. The number of nitrogens with zero attached hydrogens (tertiary/aromatic N) is 2. The molecule has 12 heteroatoms. The fourth-order valence-electron chi connectivity index (χ4n) is 4.87. The maximum atomic E-state index is 15.8. The molecule has 0 bridgehead atoms. The number of carbonyl (C=O) groups is 4. The van der Waals surface area contributed by atoms with Gasteiger partial charge in [0, 0.05) is 43.3 Å². The molecule has 1 unspecified atom stereocenters. The lowest BCUT2D eigenvalue weighted by atomic mass is 9.92. The number of aromatic nitrogens is 1. The molecule has 0 saturated carbocycles. The Morgan fingerprint density at radius 2 is 1.58 bits per heavy atom. The molecule has 0 radical (unpaired) electrons. The van der Waals surface area contributed by atoms with Gasteiger partial charge in [-0.15, -0.1) is 0 Å². The number of carbonyl (C=O) groups excluding carboxylic acids is 4. The van der Waals surface area contributed by atoms with Gasteiger partial charge in [-0.05, 0) is 101 Å². The van der Waals surface area contributed by atoms with E-state index in [9.17, 15) is 19.2 Å². The lowest BCUT2D eigenvalue weighted by Crippen LogP contribution is -2.43. The molecule has 3 rings (SSSR count). The van der Waals surface area contributed by atoms with Gasteiger partial charge in [0.25, 0.3) is 0 Å². The highest BCUT2D eigenvalue weighted by Gasteiger charge is 2.21. The second-order valence-corrected chi connectivity index (χ2v) is 12.3. The SMILES string of the molecule is CC(=O)NC(CCC(=O)OCOC(=O)N(CC=C(C)C)c1ccc(-c2cc(C)c(-c3ccc(OCC=C(C)C)nc3)cc2C)c(F)c1)C(N)=O. The Hall–Kier alpha value is -5.52. The van der Waals surface area contributed by atoms with Gasteiger partial charge in [-0.2, -0.15) is 0 Å². The van der Waals surface area contributed by atoms with Gasteiger partial charge in [0.2, 0.25) is 24.5 Å². The minimum atomic E-state index is -1.04. The number of primary amides is 1. The summed E-state index contributed by atoms with van der Waals surface area (Å²) in [5.74, 6) is -2.05. The number of allylic oxidation sites excluding steroid dienone is 2. The van der Waals surface area contributed by atoms with Gasteiger partial charge in [0.15, 0.2) is 0 Å². The Labute approximate surface area is 292 Å². The van der Waals surface area contributed by atoms with Gasteiger partial charge in [-0.25, -0.2) is 14.2 Å². The standard InChI is InChI=1S/C38H45FN4O7/c1-23(2)14-16-43(38(47)50-22-49-36(45)13-11-34(37(40)46)42-27(7)44)29-9-10-30(33(39)20-29)32-19-25(5)31(18-26(32)6)28-8-12-35(41-21-28)48-17-15-24(3)4/h8-10,12,14-15,18-21,34H,11,13,16-17,22H2,1-7H3,(H2,40,46)(H,42,44). The fourth-order valence-corrected chi connectivity index (χ4v) is 4.87. The van der Waals surface area contributed by atoms with E-state index in [2.05, 4.69) is 10.3 Å². The zero-order valence-electron chi connectivity index (χ0n) is 29.6. The molecule has 1 atom stereocenters. The summed E-state index contributed by atoms with van der Waals surface area (Å²) in [5.41, 5.74) is 12.3. The molecule has 3 N–H and O–H groups in total. The van der Waals surface area contributed by atoms with E-state index in [1.54, 1.807) is 24.4 Å². The smallest absolute Gasteiger partial charge is 0.417 e. The molecule has 266 valence electrons. The number of pyridine rings is 1. The molecule has 1 heterocycles. The van der Waals surface area contributed by atoms with Crippen molar-refractivity contribution >= 4 is 29.6 Å².